The minimum absolute atomic E-state index is 0.0134. The fraction of sp³-hybridized carbons (Fsp3) is 0.400. The Morgan fingerprint density at radius 2 is 1.96 bits per heavy atom. The summed E-state index contributed by atoms with van der Waals surface area (Å²) in [6, 6.07) is 9.57. The number of carbonyl (C=O) groups excluding carboxylic acids is 3. The summed E-state index contributed by atoms with van der Waals surface area (Å²) in [7, 11) is 0. The summed E-state index contributed by atoms with van der Waals surface area (Å²) in [6.07, 6.45) is 0.927. The van der Waals surface area contributed by atoms with Crippen molar-refractivity contribution in [2.24, 2.45) is 5.92 Å². The lowest BCUT2D eigenvalue weighted by atomic mass is 10.1. The second-order valence-electron chi connectivity index (χ2n) is 7.01. The normalized spacial score (nSPS) is 16.3. The van der Waals surface area contributed by atoms with E-state index in [1.165, 1.54) is 0 Å². The molecule has 0 aliphatic carbocycles. The van der Waals surface area contributed by atoms with Crippen LogP contribution in [0.5, 0.6) is 0 Å². The first-order valence-electron chi connectivity index (χ1n) is 9.37. The fourth-order valence-corrected chi connectivity index (χ4v) is 3.43. The lowest BCUT2D eigenvalue weighted by Gasteiger charge is -2.20. The summed E-state index contributed by atoms with van der Waals surface area (Å²) >= 11 is 0. The highest BCUT2D eigenvalue weighted by molar-refractivity contribution is 6.01. The predicted molar refractivity (Wildman–Crippen MR) is 104 cm³/mol. The number of nitrogens with one attached hydrogen (secondary N) is 2. The average molecular weight is 383 g/mol. The van der Waals surface area contributed by atoms with Gasteiger partial charge in [0.15, 0.2) is 0 Å². The van der Waals surface area contributed by atoms with Crippen molar-refractivity contribution in [2.75, 3.05) is 11.4 Å². The number of nitrogens with zero attached hydrogens (tertiary/aromatic N) is 3. The minimum atomic E-state index is -0.508. The number of anilines is 1. The summed E-state index contributed by atoms with van der Waals surface area (Å²) in [4.78, 5) is 38.6. The van der Waals surface area contributed by atoms with Crippen LogP contribution in [0, 0.1) is 19.8 Å². The van der Waals surface area contributed by atoms with Crippen LogP contribution in [-0.2, 0) is 27.3 Å². The van der Waals surface area contributed by atoms with Crippen LogP contribution in [0.25, 0.3) is 0 Å². The molecule has 1 aromatic carbocycles. The molecule has 2 heterocycles. The van der Waals surface area contributed by atoms with Gasteiger partial charge in [0.05, 0.1) is 11.6 Å². The maximum Gasteiger partial charge on any atom is 0.260 e. The average Bonchev–Trinajstić information content (AvgIpc) is 3.21. The van der Waals surface area contributed by atoms with Gasteiger partial charge in [0.1, 0.15) is 6.54 Å². The third-order valence-corrected chi connectivity index (χ3v) is 4.88. The Morgan fingerprint density at radius 3 is 2.64 bits per heavy atom. The van der Waals surface area contributed by atoms with Crippen LogP contribution in [0.15, 0.2) is 30.3 Å². The minimum Gasteiger partial charge on any atom is -0.311 e. The van der Waals surface area contributed by atoms with Gasteiger partial charge < -0.3 is 4.90 Å². The Balaban J connectivity index is 1.56. The van der Waals surface area contributed by atoms with Crippen molar-refractivity contribution < 1.29 is 14.4 Å². The number of hydrogen-bond donors (Lipinski definition) is 2. The van der Waals surface area contributed by atoms with Crippen molar-refractivity contribution in [3.8, 4) is 0 Å². The summed E-state index contributed by atoms with van der Waals surface area (Å²) in [5.74, 6) is -1.34. The SMILES string of the molecule is CCc1ccccc1N1CC(C(=O)NNC(=O)Cn2nc(C)cc2C)CC1=O. The van der Waals surface area contributed by atoms with Gasteiger partial charge in [-0.15, -0.1) is 0 Å². The number of rotatable bonds is 5. The molecule has 0 saturated carbocycles. The summed E-state index contributed by atoms with van der Waals surface area (Å²) in [5, 5.41) is 4.22. The molecule has 0 radical (unpaired) electrons. The van der Waals surface area contributed by atoms with Gasteiger partial charge in [-0.1, -0.05) is 25.1 Å². The largest absolute Gasteiger partial charge is 0.311 e. The molecule has 8 heteroatoms. The number of carbonyl (C=O) groups is 3. The first kappa shape index (κ1) is 19.6. The molecular weight excluding hydrogens is 358 g/mol. The van der Waals surface area contributed by atoms with Gasteiger partial charge in [0.25, 0.3) is 5.91 Å². The van der Waals surface area contributed by atoms with Gasteiger partial charge in [0.2, 0.25) is 11.8 Å². The van der Waals surface area contributed by atoms with E-state index in [1.54, 1.807) is 9.58 Å². The molecule has 1 aliphatic rings. The van der Waals surface area contributed by atoms with Crippen molar-refractivity contribution in [1.82, 2.24) is 20.6 Å². The van der Waals surface area contributed by atoms with E-state index in [9.17, 15) is 14.4 Å². The van der Waals surface area contributed by atoms with Crippen molar-refractivity contribution in [3.63, 3.8) is 0 Å². The van der Waals surface area contributed by atoms with E-state index in [1.807, 2.05) is 51.1 Å². The van der Waals surface area contributed by atoms with Gasteiger partial charge in [-0.2, -0.15) is 5.10 Å². The van der Waals surface area contributed by atoms with Crippen LogP contribution in [0.3, 0.4) is 0 Å². The summed E-state index contributed by atoms with van der Waals surface area (Å²) < 4.78 is 1.57. The monoisotopic (exact) mass is 383 g/mol. The Morgan fingerprint density at radius 1 is 1.21 bits per heavy atom. The zero-order chi connectivity index (χ0) is 20.3. The van der Waals surface area contributed by atoms with Crippen LogP contribution in [0.2, 0.25) is 0 Å². The molecule has 28 heavy (non-hydrogen) atoms. The second kappa shape index (κ2) is 8.24. The first-order valence-corrected chi connectivity index (χ1v) is 9.37. The molecule has 3 amide bonds. The van der Waals surface area contributed by atoms with Crippen LogP contribution in [0.1, 0.15) is 30.3 Å². The molecule has 1 saturated heterocycles. The lowest BCUT2D eigenvalue weighted by Crippen LogP contribution is -2.46. The molecule has 1 fully saturated rings. The molecule has 2 aromatic rings. The highest BCUT2D eigenvalue weighted by Crippen LogP contribution is 2.28. The van der Waals surface area contributed by atoms with Gasteiger partial charge in [-0.25, -0.2) is 0 Å². The number of benzene rings is 1. The molecule has 1 atom stereocenters. The van der Waals surface area contributed by atoms with Gasteiger partial charge in [-0.05, 0) is 38.0 Å². The van der Waals surface area contributed by atoms with Gasteiger partial charge >= 0.3 is 0 Å². The van der Waals surface area contributed by atoms with Crippen LogP contribution in [0.4, 0.5) is 5.69 Å². The Kier molecular flexibility index (Phi) is 5.77. The topological polar surface area (TPSA) is 96.3 Å². The van der Waals surface area contributed by atoms with Crippen LogP contribution >= 0.6 is 0 Å². The molecule has 1 unspecified atom stereocenters. The maximum atomic E-state index is 12.4. The number of hydrogen-bond acceptors (Lipinski definition) is 4. The number of hydrazine groups is 1. The second-order valence-corrected chi connectivity index (χ2v) is 7.01. The number of amides is 3. The van der Waals surface area contributed by atoms with E-state index in [0.717, 1.165) is 29.1 Å². The molecule has 1 aromatic heterocycles. The van der Waals surface area contributed by atoms with E-state index in [4.69, 9.17) is 0 Å². The lowest BCUT2D eigenvalue weighted by molar-refractivity contribution is -0.131. The molecular formula is C20H25N5O3. The third kappa shape index (κ3) is 4.21. The molecule has 0 bridgehead atoms. The van der Waals surface area contributed by atoms with E-state index in [-0.39, 0.29) is 30.7 Å². The highest BCUT2D eigenvalue weighted by atomic mass is 16.2. The summed E-state index contributed by atoms with van der Waals surface area (Å²) in [6.45, 7) is 6.05. The van der Waals surface area contributed by atoms with Crippen LogP contribution in [-0.4, -0.2) is 34.0 Å². The molecule has 0 spiro atoms. The number of aromatic nitrogens is 2. The number of aryl methyl sites for hydroxylation is 3. The quantitative estimate of drug-likeness (QED) is 0.760. The van der Waals surface area contributed by atoms with E-state index >= 15 is 0 Å². The Hall–Kier alpha value is -3.16. The van der Waals surface area contributed by atoms with E-state index in [2.05, 4.69) is 16.0 Å². The van der Waals surface area contributed by atoms with Crippen molar-refractivity contribution in [1.29, 1.82) is 0 Å². The molecule has 2 N–H and O–H groups in total. The maximum absolute atomic E-state index is 12.4. The molecule has 8 nitrogen and oxygen atoms in total. The number of para-hydroxylation sites is 1. The van der Waals surface area contributed by atoms with E-state index < -0.39 is 5.92 Å². The van der Waals surface area contributed by atoms with Gasteiger partial charge in [-0.3, -0.25) is 29.9 Å². The standard InChI is InChI=1S/C20H25N5O3/c1-4-15-7-5-6-8-17(15)24-11-16(10-19(24)27)20(28)22-21-18(26)12-25-14(3)9-13(2)23-25/h5-9,16H,4,10-12H2,1-3H3,(H,21,26)(H,22,28). The molecule has 1 aliphatic heterocycles. The Bertz CT molecular complexity index is 905. The predicted octanol–water partition coefficient (Wildman–Crippen LogP) is 1.26. The fourth-order valence-electron chi connectivity index (χ4n) is 3.43. The van der Waals surface area contributed by atoms with Crippen LogP contribution < -0.4 is 15.8 Å². The third-order valence-electron chi connectivity index (χ3n) is 4.88. The van der Waals surface area contributed by atoms with Crippen molar-refractivity contribution in [2.45, 2.75) is 40.2 Å². The smallest absolute Gasteiger partial charge is 0.260 e. The zero-order valence-corrected chi connectivity index (χ0v) is 16.4. The Labute approximate surface area is 163 Å². The van der Waals surface area contributed by atoms with Gasteiger partial charge in [0, 0.05) is 24.3 Å². The van der Waals surface area contributed by atoms with Crippen molar-refractivity contribution >= 4 is 23.4 Å². The first-order chi connectivity index (χ1) is 13.4. The van der Waals surface area contributed by atoms with E-state index in [0.29, 0.717) is 6.54 Å². The molecule has 148 valence electrons. The van der Waals surface area contributed by atoms with Crippen molar-refractivity contribution in [3.05, 3.63) is 47.3 Å². The highest BCUT2D eigenvalue weighted by Gasteiger charge is 2.35. The molecule has 3 rings (SSSR count). The summed E-state index contributed by atoms with van der Waals surface area (Å²) in [5.41, 5.74) is 8.44. The zero-order valence-electron chi connectivity index (χ0n) is 16.4.